The summed E-state index contributed by atoms with van der Waals surface area (Å²) in [5.74, 6) is 1.10. The van der Waals surface area contributed by atoms with Crippen molar-refractivity contribution in [3.8, 4) is 0 Å². The van der Waals surface area contributed by atoms with Gasteiger partial charge in [0.2, 0.25) is 0 Å². The van der Waals surface area contributed by atoms with Crippen molar-refractivity contribution >= 4 is 23.2 Å². The first-order valence-corrected chi connectivity index (χ1v) is 8.96. The number of hydrogen-bond acceptors (Lipinski definition) is 6. The normalized spacial score (nSPS) is 22.6. The van der Waals surface area contributed by atoms with E-state index in [1.807, 2.05) is 4.52 Å². The van der Waals surface area contributed by atoms with E-state index in [-0.39, 0.29) is 6.10 Å². The van der Waals surface area contributed by atoms with Crippen LogP contribution in [-0.4, -0.2) is 53.8 Å². The molecule has 2 aliphatic heterocycles. The number of fused-ring (bicyclic) bond motifs is 1. The van der Waals surface area contributed by atoms with Crippen LogP contribution in [0.15, 0.2) is 17.2 Å². The molecule has 1 atom stereocenters. The molecule has 2 aromatic rings. The Morgan fingerprint density at radius 2 is 2.09 bits per heavy atom. The van der Waals surface area contributed by atoms with Crippen LogP contribution in [0.4, 0.5) is 5.82 Å². The van der Waals surface area contributed by atoms with E-state index < -0.39 is 0 Å². The van der Waals surface area contributed by atoms with Gasteiger partial charge in [0, 0.05) is 31.8 Å². The van der Waals surface area contributed by atoms with Crippen molar-refractivity contribution in [3.05, 3.63) is 17.8 Å². The summed E-state index contributed by atoms with van der Waals surface area (Å²) in [5, 5.41) is 5.80. The fourth-order valence-electron chi connectivity index (χ4n) is 3.04. The quantitative estimate of drug-likeness (QED) is 0.638. The first-order valence-electron chi connectivity index (χ1n) is 7.74. The average Bonchev–Trinajstić information content (AvgIpc) is 3.23. The molecule has 1 unspecified atom stereocenters. The second kappa shape index (κ2) is 6.06. The standard InChI is InChI=1S/C15H20N4O2S/c1-22-14-10-15(18-4-7-20-8-5-18)19-13(16-14)9-11(17-19)12-3-2-6-21-12/h9-10,12H,2-8H2,1H3. The molecule has 0 amide bonds. The highest BCUT2D eigenvalue weighted by Crippen LogP contribution is 2.30. The number of ether oxygens (including phenoxy) is 2. The van der Waals surface area contributed by atoms with Crippen LogP contribution in [0.25, 0.3) is 5.65 Å². The largest absolute Gasteiger partial charge is 0.378 e. The Balaban J connectivity index is 1.78. The second-order valence-corrected chi connectivity index (χ2v) is 6.42. The van der Waals surface area contributed by atoms with E-state index in [0.717, 1.165) is 67.9 Å². The third-order valence-electron chi connectivity index (χ3n) is 4.21. The molecule has 0 N–H and O–H groups in total. The highest BCUT2D eigenvalue weighted by Gasteiger charge is 2.23. The Morgan fingerprint density at radius 3 is 2.82 bits per heavy atom. The Hall–Kier alpha value is -1.31. The molecule has 2 aliphatic rings. The number of nitrogens with zero attached hydrogens (tertiary/aromatic N) is 4. The number of morpholine rings is 1. The van der Waals surface area contributed by atoms with E-state index in [1.165, 1.54) is 0 Å². The zero-order chi connectivity index (χ0) is 14.9. The van der Waals surface area contributed by atoms with Gasteiger partial charge in [0.15, 0.2) is 5.65 Å². The third-order valence-corrected chi connectivity index (χ3v) is 4.83. The van der Waals surface area contributed by atoms with E-state index in [0.29, 0.717) is 0 Å². The van der Waals surface area contributed by atoms with Crippen LogP contribution in [0.2, 0.25) is 0 Å². The fraction of sp³-hybridized carbons (Fsp3) is 0.600. The van der Waals surface area contributed by atoms with Gasteiger partial charge in [-0.25, -0.2) is 4.98 Å². The molecule has 2 saturated heterocycles. The SMILES string of the molecule is CSc1cc(N2CCOCC2)n2nc(C3CCCO3)cc2n1. The van der Waals surface area contributed by atoms with Crippen LogP contribution in [0.3, 0.4) is 0 Å². The first kappa shape index (κ1) is 14.3. The number of thioether (sulfide) groups is 1. The number of aromatic nitrogens is 3. The van der Waals surface area contributed by atoms with Gasteiger partial charge in [-0.2, -0.15) is 9.61 Å². The Bertz CT molecular complexity index is 663. The van der Waals surface area contributed by atoms with Gasteiger partial charge >= 0.3 is 0 Å². The topological polar surface area (TPSA) is 51.9 Å². The van der Waals surface area contributed by atoms with Gasteiger partial charge in [0.05, 0.1) is 18.9 Å². The molecule has 0 aliphatic carbocycles. The fourth-order valence-corrected chi connectivity index (χ4v) is 3.45. The van der Waals surface area contributed by atoms with Crippen LogP contribution in [0.1, 0.15) is 24.6 Å². The maximum absolute atomic E-state index is 5.77. The van der Waals surface area contributed by atoms with Crippen molar-refractivity contribution in [3.63, 3.8) is 0 Å². The highest BCUT2D eigenvalue weighted by atomic mass is 32.2. The lowest BCUT2D eigenvalue weighted by atomic mass is 10.2. The number of hydrogen-bond donors (Lipinski definition) is 0. The van der Waals surface area contributed by atoms with Gasteiger partial charge < -0.3 is 14.4 Å². The van der Waals surface area contributed by atoms with Gasteiger partial charge in [-0.1, -0.05) is 0 Å². The summed E-state index contributed by atoms with van der Waals surface area (Å²) in [6.07, 6.45) is 4.33. The molecule has 2 fully saturated rings. The minimum atomic E-state index is 0.122. The number of rotatable bonds is 3. The van der Waals surface area contributed by atoms with E-state index in [2.05, 4.69) is 23.3 Å². The summed E-state index contributed by atoms with van der Waals surface area (Å²) in [6, 6.07) is 4.19. The minimum Gasteiger partial charge on any atom is -0.378 e. The molecule has 0 saturated carbocycles. The Labute approximate surface area is 133 Å². The summed E-state index contributed by atoms with van der Waals surface area (Å²) in [5.41, 5.74) is 1.90. The molecule has 4 heterocycles. The van der Waals surface area contributed by atoms with Crippen LogP contribution in [0.5, 0.6) is 0 Å². The molecule has 0 bridgehead atoms. The molecular formula is C15H20N4O2S. The molecule has 22 heavy (non-hydrogen) atoms. The lowest BCUT2D eigenvalue weighted by molar-refractivity contribution is 0.108. The maximum atomic E-state index is 5.77. The zero-order valence-electron chi connectivity index (χ0n) is 12.7. The van der Waals surface area contributed by atoms with E-state index in [4.69, 9.17) is 19.6 Å². The van der Waals surface area contributed by atoms with Gasteiger partial charge in [-0.05, 0) is 19.1 Å². The molecule has 6 nitrogen and oxygen atoms in total. The zero-order valence-corrected chi connectivity index (χ0v) is 13.5. The first-order chi connectivity index (χ1) is 10.8. The molecule has 2 aromatic heterocycles. The molecule has 0 radical (unpaired) electrons. The molecule has 0 aromatic carbocycles. The van der Waals surface area contributed by atoms with Crippen LogP contribution in [-0.2, 0) is 9.47 Å². The average molecular weight is 320 g/mol. The number of anilines is 1. The predicted octanol–water partition coefficient (Wildman–Crippen LogP) is 2.14. The Morgan fingerprint density at radius 1 is 1.23 bits per heavy atom. The monoisotopic (exact) mass is 320 g/mol. The van der Waals surface area contributed by atoms with Gasteiger partial charge in [-0.3, -0.25) is 0 Å². The van der Waals surface area contributed by atoms with Gasteiger partial charge in [0.1, 0.15) is 16.9 Å². The minimum absolute atomic E-state index is 0.122. The third kappa shape index (κ3) is 2.57. The molecule has 4 rings (SSSR count). The predicted molar refractivity (Wildman–Crippen MR) is 85.7 cm³/mol. The van der Waals surface area contributed by atoms with E-state index in [9.17, 15) is 0 Å². The van der Waals surface area contributed by atoms with Crippen molar-refractivity contribution in [2.75, 3.05) is 44.1 Å². The van der Waals surface area contributed by atoms with E-state index >= 15 is 0 Å². The summed E-state index contributed by atoms with van der Waals surface area (Å²) in [6.45, 7) is 4.14. The lowest BCUT2D eigenvalue weighted by Crippen LogP contribution is -2.37. The summed E-state index contributed by atoms with van der Waals surface area (Å²) in [7, 11) is 0. The maximum Gasteiger partial charge on any atom is 0.158 e. The molecule has 0 spiro atoms. The van der Waals surface area contributed by atoms with Crippen molar-refractivity contribution < 1.29 is 9.47 Å². The van der Waals surface area contributed by atoms with Crippen LogP contribution in [0, 0.1) is 0 Å². The van der Waals surface area contributed by atoms with Gasteiger partial charge in [0.25, 0.3) is 0 Å². The highest BCUT2D eigenvalue weighted by molar-refractivity contribution is 7.98. The molecule has 118 valence electrons. The van der Waals surface area contributed by atoms with Crippen molar-refractivity contribution in [2.45, 2.75) is 24.0 Å². The van der Waals surface area contributed by atoms with Crippen LogP contribution >= 0.6 is 11.8 Å². The smallest absolute Gasteiger partial charge is 0.158 e. The summed E-state index contributed by atoms with van der Waals surface area (Å²) < 4.78 is 13.2. The summed E-state index contributed by atoms with van der Waals surface area (Å²) >= 11 is 1.66. The molecular weight excluding hydrogens is 300 g/mol. The van der Waals surface area contributed by atoms with E-state index in [1.54, 1.807) is 11.8 Å². The summed E-state index contributed by atoms with van der Waals surface area (Å²) in [4.78, 5) is 7.01. The second-order valence-electron chi connectivity index (χ2n) is 5.60. The molecule has 7 heteroatoms. The van der Waals surface area contributed by atoms with Crippen LogP contribution < -0.4 is 4.90 Å². The van der Waals surface area contributed by atoms with Crippen molar-refractivity contribution in [1.29, 1.82) is 0 Å². The lowest BCUT2D eigenvalue weighted by Gasteiger charge is -2.29. The van der Waals surface area contributed by atoms with Gasteiger partial charge in [-0.15, -0.1) is 11.8 Å². The van der Waals surface area contributed by atoms with Crippen molar-refractivity contribution in [1.82, 2.24) is 14.6 Å². The van der Waals surface area contributed by atoms with Crippen molar-refractivity contribution in [2.24, 2.45) is 0 Å². The Kier molecular flexibility index (Phi) is 3.94.